The molecule has 0 spiro atoms. The van der Waals surface area contributed by atoms with Crippen molar-refractivity contribution in [2.45, 2.75) is 20.4 Å². The van der Waals surface area contributed by atoms with Crippen molar-refractivity contribution < 1.29 is 0 Å². The lowest BCUT2D eigenvalue weighted by Crippen LogP contribution is -2.24. The number of rotatable bonds is 2. The maximum atomic E-state index is 12.5. The fraction of sp³-hybridized carbons (Fsp3) is 0.167. The van der Waals surface area contributed by atoms with E-state index in [1.807, 2.05) is 74.5 Å². The number of benzene rings is 2. The predicted octanol–water partition coefficient (Wildman–Crippen LogP) is 3.48. The fourth-order valence-electron chi connectivity index (χ4n) is 2.30. The van der Waals surface area contributed by atoms with E-state index in [1.54, 1.807) is 4.57 Å². The van der Waals surface area contributed by atoms with Crippen LogP contribution in [0.25, 0.3) is 16.6 Å². The Hall–Kier alpha value is -2.39. The highest BCUT2D eigenvalue weighted by Crippen LogP contribution is 2.17. The first-order valence-electron chi connectivity index (χ1n) is 7.20. The zero-order valence-corrected chi connectivity index (χ0v) is 12.4. The van der Waals surface area contributed by atoms with E-state index in [9.17, 15) is 4.79 Å². The summed E-state index contributed by atoms with van der Waals surface area (Å²) in [6, 6.07) is 19.3. The third kappa shape index (κ3) is 2.88. The number of pyridine rings is 1. The average molecular weight is 280 g/mol. The molecule has 0 aliphatic rings. The molecule has 21 heavy (non-hydrogen) atoms. The molecule has 2 aromatic carbocycles. The summed E-state index contributed by atoms with van der Waals surface area (Å²) >= 11 is 0. The Kier molecular flexibility index (Phi) is 4.90. The number of hydrogen-bond donors (Lipinski definition) is 1. The van der Waals surface area contributed by atoms with Gasteiger partial charge in [-0.25, -0.2) is 0 Å². The van der Waals surface area contributed by atoms with Crippen LogP contribution in [0.5, 0.6) is 0 Å². The van der Waals surface area contributed by atoms with Crippen LogP contribution >= 0.6 is 0 Å². The fourth-order valence-corrected chi connectivity index (χ4v) is 2.30. The maximum absolute atomic E-state index is 12.5. The van der Waals surface area contributed by atoms with Crippen molar-refractivity contribution in [1.82, 2.24) is 4.57 Å². The van der Waals surface area contributed by atoms with E-state index in [-0.39, 0.29) is 12.1 Å². The van der Waals surface area contributed by atoms with Gasteiger partial charge in [-0.2, -0.15) is 0 Å². The van der Waals surface area contributed by atoms with Crippen LogP contribution < -0.4 is 11.3 Å². The predicted molar refractivity (Wildman–Crippen MR) is 88.8 cm³/mol. The molecule has 1 heterocycles. The quantitative estimate of drug-likeness (QED) is 0.781. The van der Waals surface area contributed by atoms with E-state index in [2.05, 4.69) is 0 Å². The number of nitrogens with zero attached hydrogens (tertiary/aromatic N) is 1. The van der Waals surface area contributed by atoms with Crippen LogP contribution in [0.2, 0.25) is 0 Å². The molecule has 0 fully saturated rings. The van der Waals surface area contributed by atoms with Crippen LogP contribution in [-0.4, -0.2) is 4.57 Å². The van der Waals surface area contributed by atoms with Crippen molar-refractivity contribution >= 4 is 10.9 Å². The van der Waals surface area contributed by atoms with E-state index in [0.717, 1.165) is 16.6 Å². The van der Waals surface area contributed by atoms with E-state index in [0.29, 0.717) is 5.56 Å². The SMILES string of the molecule is CC.NCc1cc2ccccc2n(-c2ccccc2)c1=O. The van der Waals surface area contributed by atoms with Crippen LogP contribution in [0.1, 0.15) is 19.4 Å². The molecule has 0 saturated heterocycles. The first-order valence-corrected chi connectivity index (χ1v) is 7.20. The van der Waals surface area contributed by atoms with Gasteiger partial charge in [-0.3, -0.25) is 9.36 Å². The lowest BCUT2D eigenvalue weighted by molar-refractivity contribution is 0.959. The monoisotopic (exact) mass is 280 g/mol. The normalized spacial score (nSPS) is 10.0. The topological polar surface area (TPSA) is 48.0 Å². The smallest absolute Gasteiger partial charge is 0.260 e. The Bertz CT molecular complexity index is 776. The molecule has 3 nitrogen and oxygen atoms in total. The molecule has 108 valence electrons. The summed E-state index contributed by atoms with van der Waals surface area (Å²) in [5, 5.41) is 1.02. The van der Waals surface area contributed by atoms with Gasteiger partial charge in [0, 0.05) is 17.8 Å². The van der Waals surface area contributed by atoms with E-state index >= 15 is 0 Å². The third-order valence-corrected chi connectivity index (χ3v) is 3.22. The van der Waals surface area contributed by atoms with Crippen molar-refractivity contribution in [3.63, 3.8) is 0 Å². The summed E-state index contributed by atoms with van der Waals surface area (Å²) in [6.07, 6.45) is 0. The van der Waals surface area contributed by atoms with Crippen molar-refractivity contribution in [2.75, 3.05) is 0 Å². The molecule has 0 bridgehead atoms. The molecular weight excluding hydrogens is 260 g/mol. The number of para-hydroxylation sites is 2. The summed E-state index contributed by atoms with van der Waals surface area (Å²) in [7, 11) is 0. The van der Waals surface area contributed by atoms with Crippen molar-refractivity contribution in [3.8, 4) is 5.69 Å². The summed E-state index contributed by atoms with van der Waals surface area (Å²) in [5.41, 5.74) is 8.01. The van der Waals surface area contributed by atoms with Gasteiger partial charge in [0.2, 0.25) is 0 Å². The average Bonchev–Trinajstić information content (AvgIpc) is 2.57. The first-order chi connectivity index (χ1) is 10.3. The van der Waals surface area contributed by atoms with E-state index in [1.165, 1.54) is 0 Å². The third-order valence-electron chi connectivity index (χ3n) is 3.22. The second-order valence-corrected chi connectivity index (χ2v) is 4.41. The molecule has 1 aromatic heterocycles. The number of hydrogen-bond acceptors (Lipinski definition) is 2. The van der Waals surface area contributed by atoms with Gasteiger partial charge in [-0.05, 0) is 29.7 Å². The minimum Gasteiger partial charge on any atom is -0.326 e. The van der Waals surface area contributed by atoms with E-state index in [4.69, 9.17) is 5.73 Å². The van der Waals surface area contributed by atoms with Gasteiger partial charge >= 0.3 is 0 Å². The van der Waals surface area contributed by atoms with Crippen LogP contribution in [0.4, 0.5) is 0 Å². The highest BCUT2D eigenvalue weighted by Gasteiger charge is 2.09. The summed E-state index contributed by atoms with van der Waals surface area (Å²) in [5.74, 6) is 0. The minimum absolute atomic E-state index is 0.0487. The summed E-state index contributed by atoms with van der Waals surface area (Å²) in [4.78, 5) is 12.5. The lowest BCUT2D eigenvalue weighted by Gasteiger charge is -2.12. The van der Waals surface area contributed by atoms with E-state index < -0.39 is 0 Å². The zero-order valence-electron chi connectivity index (χ0n) is 12.4. The van der Waals surface area contributed by atoms with Crippen molar-refractivity contribution in [1.29, 1.82) is 0 Å². The van der Waals surface area contributed by atoms with Crippen LogP contribution in [0.3, 0.4) is 0 Å². The molecule has 0 unspecified atom stereocenters. The van der Waals surface area contributed by atoms with Crippen LogP contribution in [-0.2, 0) is 6.54 Å². The Morgan fingerprint density at radius 1 is 0.952 bits per heavy atom. The van der Waals surface area contributed by atoms with Gasteiger partial charge in [0.15, 0.2) is 0 Å². The van der Waals surface area contributed by atoms with Crippen molar-refractivity contribution in [3.05, 3.63) is 76.6 Å². The Labute approximate surface area is 124 Å². The van der Waals surface area contributed by atoms with Gasteiger partial charge in [0.25, 0.3) is 5.56 Å². The van der Waals surface area contributed by atoms with Gasteiger partial charge in [-0.1, -0.05) is 50.2 Å². The molecule has 3 aromatic rings. The molecular formula is C18H20N2O. The zero-order chi connectivity index (χ0) is 15.2. The van der Waals surface area contributed by atoms with Crippen LogP contribution in [0, 0.1) is 0 Å². The highest BCUT2D eigenvalue weighted by molar-refractivity contribution is 5.81. The standard InChI is InChI=1S/C16H14N2O.C2H6/c17-11-13-10-12-6-4-5-9-15(12)18(16(13)19)14-7-2-1-3-8-14;1-2/h1-10H,11,17H2;1-2H3. The second-order valence-electron chi connectivity index (χ2n) is 4.41. The highest BCUT2D eigenvalue weighted by atomic mass is 16.1. The Morgan fingerprint density at radius 2 is 1.57 bits per heavy atom. The molecule has 0 aliphatic heterocycles. The molecule has 3 rings (SSSR count). The minimum atomic E-state index is -0.0487. The van der Waals surface area contributed by atoms with Crippen molar-refractivity contribution in [2.24, 2.45) is 5.73 Å². The number of aromatic nitrogens is 1. The van der Waals surface area contributed by atoms with Gasteiger partial charge in [0.1, 0.15) is 0 Å². The van der Waals surface area contributed by atoms with Gasteiger partial charge in [-0.15, -0.1) is 0 Å². The summed E-state index contributed by atoms with van der Waals surface area (Å²) in [6.45, 7) is 4.25. The number of fused-ring (bicyclic) bond motifs is 1. The molecule has 0 aliphatic carbocycles. The number of nitrogens with two attached hydrogens (primary N) is 1. The summed E-state index contributed by atoms with van der Waals surface area (Å²) < 4.78 is 1.72. The molecule has 0 atom stereocenters. The maximum Gasteiger partial charge on any atom is 0.260 e. The first kappa shape index (κ1) is 15.0. The molecule has 0 saturated carbocycles. The Morgan fingerprint density at radius 3 is 2.24 bits per heavy atom. The Balaban J connectivity index is 0.000000774. The van der Waals surface area contributed by atoms with Gasteiger partial charge < -0.3 is 5.73 Å². The largest absolute Gasteiger partial charge is 0.326 e. The molecule has 0 radical (unpaired) electrons. The molecule has 0 amide bonds. The lowest BCUT2D eigenvalue weighted by atomic mass is 10.1. The van der Waals surface area contributed by atoms with Crippen LogP contribution in [0.15, 0.2) is 65.5 Å². The molecule has 3 heteroatoms. The molecule has 2 N–H and O–H groups in total. The second kappa shape index (κ2) is 6.86. The van der Waals surface area contributed by atoms with Gasteiger partial charge in [0.05, 0.1) is 5.52 Å².